The maximum Gasteiger partial charge on any atom is 0.115 e. The predicted molar refractivity (Wildman–Crippen MR) is 66.4 cm³/mol. The molecule has 3 heteroatoms. The molecule has 0 unspecified atom stereocenters. The zero-order chi connectivity index (χ0) is 10.4. The van der Waals surface area contributed by atoms with Gasteiger partial charge in [-0.1, -0.05) is 38.3 Å². The Morgan fingerprint density at radius 1 is 1.33 bits per heavy atom. The van der Waals surface area contributed by atoms with Crippen LogP contribution in [-0.2, 0) is 0 Å². The summed E-state index contributed by atoms with van der Waals surface area (Å²) in [4.78, 5) is 0. The van der Waals surface area contributed by atoms with E-state index in [0.717, 1.165) is 18.4 Å². The van der Waals surface area contributed by atoms with Gasteiger partial charge in [0.2, 0.25) is 0 Å². The van der Waals surface area contributed by atoms with Crippen LogP contribution in [0.2, 0.25) is 0 Å². The van der Waals surface area contributed by atoms with E-state index in [1.54, 1.807) is 12.1 Å². The van der Waals surface area contributed by atoms with E-state index in [-0.39, 0.29) is 18.4 Å². The summed E-state index contributed by atoms with van der Waals surface area (Å²) in [6.45, 7) is 2.18. The summed E-state index contributed by atoms with van der Waals surface area (Å²) in [5, 5.41) is 9.28. The second-order valence-electron chi connectivity index (χ2n) is 3.70. The fourth-order valence-electron chi connectivity index (χ4n) is 1.54. The van der Waals surface area contributed by atoms with Gasteiger partial charge in [-0.05, 0) is 24.1 Å². The maximum atomic E-state index is 9.28. The minimum absolute atomic E-state index is 0. The Morgan fingerprint density at radius 3 is 2.67 bits per heavy atom. The first-order valence-electron chi connectivity index (χ1n) is 5.28. The number of phenolic OH excluding ortho intramolecular Hbond substituents is 1. The van der Waals surface area contributed by atoms with E-state index in [1.807, 2.05) is 12.1 Å². The van der Waals surface area contributed by atoms with Gasteiger partial charge in [-0.2, -0.15) is 0 Å². The summed E-state index contributed by atoms with van der Waals surface area (Å²) in [6, 6.07) is 7.29. The van der Waals surface area contributed by atoms with E-state index >= 15 is 0 Å². The largest absolute Gasteiger partial charge is 0.508 e. The molecule has 0 fully saturated rings. The molecule has 86 valence electrons. The Bertz CT molecular complexity index is 278. The number of rotatable bonds is 5. The molecule has 0 aliphatic rings. The Morgan fingerprint density at radius 2 is 2.07 bits per heavy atom. The van der Waals surface area contributed by atoms with Gasteiger partial charge in [0.05, 0.1) is 0 Å². The van der Waals surface area contributed by atoms with E-state index < -0.39 is 0 Å². The van der Waals surface area contributed by atoms with Crippen LogP contribution in [0.5, 0.6) is 5.75 Å². The van der Waals surface area contributed by atoms with E-state index in [9.17, 15) is 5.11 Å². The molecule has 15 heavy (non-hydrogen) atoms. The minimum atomic E-state index is 0. The summed E-state index contributed by atoms with van der Waals surface area (Å²) in [5.41, 5.74) is 7.02. The zero-order valence-electron chi connectivity index (χ0n) is 9.15. The number of hydrogen-bond acceptors (Lipinski definition) is 2. The molecule has 0 heterocycles. The van der Waals surface area contributed by atoms with E-state index in [2.05, 4.69) is 6.92 Å². The number of nitrogens with two attached hydrogens (primary N) is 1. The first-order valence-corrected chi connectivity index (χ1v) is 5.28. The van der Waals surface area contributed by atoms with Crippen LogP contribution < -0.4 is 5.73 Å². The van der Waals surface area contributed by atoms with Crippen LogP contribution in [0.3, 0.4) is 0 Å². The van der Waals surface area contributed by atoms with Gasteiger partial charge < -0.3 is 10.8 Å². The molecule has 0 aromatic heterocycles. The van der Waals surface area contributed by atoms with Gasteiger partial charge in [-0.25, -0.2) is 0 Å². The molecule has 1 aromatic carbocycles. The zero-order valence-corrected chi connectivity index (χ0v) is 9.96. The summed E-state index contributed by atoms with van der Waals surface area (Å²) in [7, 11) is 0. The molecule has 0 saturated heterocycles. The Labute approximate surface area is 97.9 Å². The van der Waals surface area contributed by atoms with E-state index in [1.165, 1.54) is 12.8 Å². The summed E-state index contributed by atoms with van der Waals surface area (Å²) in [5.74, 6) is 0.299. The van der Waals surface area contributed by atoms with E-state index in [4.69, 9.17) is 5.73 Å². The first kappa shape index (κ1) is 14.3. The second kappa shape index (κ2) is 7.55. The molecule has 0 aliphatic heterocycles. The molecule has 2 nitrogen and oxygen atoms in total. The van der Waals surface area contributed by atoms with Crippen molar-refractivity contribution in [2.45, 2.75) is 38.6 Å². The third kappa shape index (κ3) is 5.05. The van der Waals surface area contributed by atoms with Crippen molar-refractivity contribution in [3.8, 4) is 5.75 Å². The lowest BCUT2D eigenvalue weighted by Gasteiger charge is -2.11. The SMILES string of the molecule is CCCCC[C@@H](N)c1cccc(O)c1.Cl. The van der Waals surface area contributed by atoms with Gasteiger partial charge in [-0.3, -0.25) is 0 Å². The quantitative estimate of drug-likeness (QED) is 0.761. The molecule has 1 rings (SSSR count). The maximum absolute atomic E-state index is 9.28. The Hall–Kier alpha value is -0.730. The van der Waals surface area contributed by atoms with Crippen molar-refractivity contribution in [3.05, 3.63) is 29.8 Å². The highest BCUT2D eigenvalue weighted by molar-refractivity contribution is 5.85. The number of phenols is 1. The van der Waals surface area contributed by atoms with Crippen LogP contribution in [0.15, 0.2) is 24.3 Å². The van der Waals surface area contributed by atoms with Crippen LogP contribution >= 0.6 is 12.4 Å². The molecule has 3 N–H and O–H groups in total. The van der Waals surface area contributed by atoms with Gasteiger partial charge in [0, 0.05) is 6.04 Å². The van der Waals surface area contributed by atoms with Crippen molar-refractivity contribution in [2.75, 3.05) is 0 Å². The third-order valence-electron chi connectivity index (χ3n) is 2.42. The summed E-state index contributed by atoms with van der Waals surface area (Å²) < 4.78 is 0. The van der Waals surface area contributed by atoms with Crippen LogP contribution in [-0.4, -0.2) is 5.11 Å². The molecule has 1 atom stereocenters. The van der Waals surface area contributed by atoms with Crippen LogP contribution in [0.1, 0.15) is 44.2 Å². The third-order valence-corrected chi connectivity index (χ3v) is 2.42. The molecule has 0 saturated carbocycles. The van der Waals surface area contributed by atoms with Gasteiger partial charge >= 0.3 is 0 Å². The lowest BCUT2D eigenvalue weighted by Crippen LogP contribution is -2.09. The topological polar surface area (TPSA) is 46.2 Å². The second-order valence-corrected chi connectivity index (χ2v) is 3.70. The number of benzene rings is 1. The predicted octanol–water partition coefficient (Wildman–Crippen LogP) is 3.39. The number of aromatic hydroxyl groups is 1. The number of halogens is 1. The van der Waals surface area contributed by atoms with Crippen LogP contribution in [0.4, 0.5) is 0 Å². The standard InChI is InChI=1S/C12H19NO.ClH/c1-2-3-4-8-12(13)10-6-5-7-11(14)9-10;/h5-7,9,12,14H,2-4,8,13H2,1H3;1H/t12-;/m1./s1. The van der Waals surface area contributed by atoms with Crippen molar-refractivity contribution >= 4 is 12.4 Å². The summed E-state index contributed by atoms with van der Waals surface area (Å²) >= 11 is 0. The molecular formula is C12H20ClNO. The fraction of sp³-hybridized carbons (Fsp3) is 0.500. The first-order chi connectivity index (χ1) is 6.74. The number of unbranched alkanes of at least 4 members (excludes halogenated alkanes) is 2. The van der Waals surface area contributed by atoms with Gasteiger partial charge in [0.15, 0.2) is 0 Å². The van der Waals surface area contributed by atoms with Gasteiger partial charge in [-0.15, -0.1) is 12.4 Å². The molecule has 0 radical (unpaired) electrons. The average molecular weight is 230 g/mol. The number of hydrogen-bond donors (Lipinski definition) is 2. The molecule has 0 amide bonds. The van der Waals surface area contributed by atoms with Crippen LogP contribution in [0.25, 0.3) is 0 Å². The fourth-order valence-corrected chi connectivity index (χ4v) is 1.54. The highest BCUT2D eigenvalue weighted by Crippen LogP contribution is 2.20. The van der Waals surface area contributed by atoms with Gasteiger partial charge in [0.25, 0.3) is 0 Å². The highest BCUT2D eigenvalue weighted by atomic mass is 35.5. The smallest absolute Gasteiger partial charge is 0.115 e. The molecule has 1 aromatic rings. The molecule has 0 bridgehead atoms. The van der Waals surface area contributed by atoms with Gasteiger partial charge in [0.1, 0.15) is 5.75 Å². The van der Waals surface area contributed by atoms with E-state index in [0.29, 0.717) is 5.75 Å². The monoisotopic (exact) mass is 229 g/mol. The lowest BCUT2D eigenvalue weighted by atomic mass is 10.0. The Kier molecular flexibility index (Phi) is 7.18. The van der Waals surface area contributed by atoms with Crippen molar-refractivity contribution in [2.24, 2.45) is 5.73 Å². The highest BCUT2D eigenvalue weighted by Gasteiger charge is 2.05. The van der Waals surface area contributed by atoms with Crippen molar-refractivity contribution in [1.82, 2.24) is 0 Å². The molecule has 0 spiro atoms. The van der Waals surface area contributed by atoms with Crippen molar-refractivity contribution < 1.29 is 5.11 Å². The lowest BCUT2D eigenvalue weighted by molar-refractivity contribution is 0.472. The normalized spacial score (nSPS) is 11.9. The minimum Gasteiger partial charge on any atom is -0.508 e. The molecule has 0 aliphatic carbocycles. The average Bonchev–Trinajstić information content (AvgIpc) is 2.18. The van der Waals surface area contributed by atoms with Crippen molar-refractivity contribution in [3.63, 3.8) is 0 Å². The van der Waals surface area contributed by atoms with Crippen LogP contribution in [0, 0.1) is 0 Å². The van der Waals surface area contributed by atoms with Crippen molar-refractivity contribution in [1.29, 1.82) is 0 Å². The Balaban J connectivity index is 0.00000196. The summed E-state index contributed by atoms with van der Waals surface area (Å²) in [6.07, 6.45) is 4.60. The molecular weight excluding hydrogens is 210 g/mol.